The fourth-order valence-corrected chi connectivity index (χ4v) is 5.36. The molecule has 0 fully saturated rings. The van der Waals surface area contributed by atoms with Gasteiger partial charge in [0.25, 0.3) is 0 Å². The predicted octanol–water partition coefficient (Wildman–Crippen LogP) is 5.87. The number of pyridine rings is 1. The lowest BCUT2D eigenvalue weighted by molar-refractivity contribution is -0.742. The Kier molecular flexibility index (Phi) is 6.01. The van der Waals surface area contributed by atoms with Crippen molar-refractivity contribution < 1.29 is 9.67 Å². The molecule has 0 radical (unpaired) electrons. The Morgan fingerprint density at radius 3 is 2.35 bits per heavy atom. The minimum absolute atomic E-state index is 0.308. The van der Waals surface area contributed by atoms with Gasteiger partial charge in [-0.15, -0.1) is 12.6 Å². The van der Waals surface area contributed by atoms with Crippen LogP contribution >= 0.6 is 35.8 Å². The van der Waals surface area contributed by atoms with Gasteiger partial charge in [0.1, 0.15) is 0 Å². The lowest BCUT2D eigenvalue weighted by atomic mass is 9.75. The molecule has 0 saturated carbocycles. The molecule has 7 heteroatoms. The molecule has 1 aliphatic heterocycles. The van der Waals surface area contributed by atoms with E-state index in [1.54, 1.807) is 12.1 Å². The van der Waals surface area contributed by atoms with Crippen LogP contribution in [0.2, 0.25) is 10.0 Å². The highest BCUT2D eigenvalue weighted by Gasteiger charge is 2.55. The van der Waals surface area contributed by atoms with Crippen molar-refractivity contribution in [2.75, 3.05) is 0 Å². The lowest BCUT2D eigenvalue weighted by Crippen LogP contribution is -2.62. The van der Waals surface area contributed by atoms with Crippen LogP contribution in [-0.2, 0) is 5.72 Å². The molecular weight excluding hydrogens is 485 g/mol. The van der Waals surface area contributed by atoms with E-state index in [1.165, 1.54) is 0 Å². The Hall–Kier alpha value is -3.01. The number of nitrogens with zero attached hydrogens (tertiary/aromatic N) is 2. The number of rotatable bonds is 3. The van der Waals surface area contributed by atoms with Crippen molar-refractivity contribution in [2.45, 2.75) is 17.7 Å². The minimum Gasteiger partial charge on any atom is -0.362 e. The molecule has 0 aliphatic carbocycles. The van der Waals surface area contributed by atoms with E-state index in [0.29, 0.717) is 26.2 Å². The average Bonchev–Trinajstić information content (AvgIpc) is 2.85. The van der Waals surface area contributed by atoms with E-state index < -0.39 is 17.7 Å². The van der Waals surface area contributed by atoms with Gasteiger partial charge in [-0.25, -0.2) is 0 Å². The summed E-state index contributed by atoms with van der Waals surface area (Å²) < 4.78 is 1.95. The molecule has 3 atom stereocenters. The summed E-state index contributed by atoms with van der Waals surface area (Å²) in [7, 11) is 0. The Bertz CT molecular complexity index is 1470. The van der Waals surface area contributed by atoms with Gasteiger partial charge in [-0.05, 0) is 29.1 Å². The fraction of sp³-hybridized carbons (Fsp3) is 0.111. The molecule has 1 aromatic heterocycles. The van der Waals surface area contributed by atoms with Gasteiger partial charge in [0.15, 0.2) is 12.4 Å². The van der Waals surface area contributed by atoms with Crippen molar-refractivity contribution in [1.82, 2.24) is 5.32 Å². The van der Waals surface area contributed by atoms with E-state index >= 15 is 0 Å². The molecule has 1 aliphatic rings. The largest absolute Gasteiger partial charge is 0.362 e. The van der Waals surface area contributed by atoms with Crippen LogP contribution in [0.25, 0.3) is 10.8 Å². The summed E-state index contributed by atoms with van der Waals surface area (Å²) in [6.07, 6.45) is 3.91. The second kappa shape index (κ2) is 8.98. The van der Waals surface area contributed by atoms with Gasteiger partial charge in [0.2, 0.25) is 11.8 Å². The third kappa shape index (κ3) is 3.83. The zero-order valence-electron chi connectivity index (χ0n) is 17.9. The maximum Gasteiger partial charge on any atom is 0.227 e. The normalized spacial score (nSPS) is 22.3. The van der Waals surface area contributed by atoms with Gasteiger partial charge in [-0.3, -0.25) is 0 Å². The van der Waals surface area contributed by atoms with Crippen LogP contribution in [0.3, 0.4) is 0 Å². The molecule has 0 spiro atoms. The molecule has 34 heavy (non-hydrogen) atoms. The fourth-order valence-electron chi connectivity index (χ4n) is 4.69. The SMILES string of the molecule is N#CC1=C(S)NC(O)(c2ccccc2)C([n+]2ccc3ccccc3c2)C1c1ccc(Cl)c(Cl)c1. The minimum atomic E-state index is -1.58. The standard InChI is InChI=1S/C27H19Cl2N3OS/c28-22-11-10-18(14-23(22)29)24-21(15-30)26(34)31-27(33,20-8-2-1-3-9-20)25(24)32-13-12-17-6-4-5-7-19(17)16-32/h1-14,16,24-25,31,33H/p+1. The second-order valence-corrected chi connectivity index (χ2v) is 9.51. The van der Waals surface area contributed by atoms with Crippen molar-refractivity contribution in [3.63, 3.8) is 0 Å². The summed E-state index contributed by atoms with van der Waals surface area (Å²) >= 11 is 17.2. The van der Waals surface area contributed by atoms with Crippen molar-refractivity contribution >= 4 is 46.6 Å². The number of allylic oxidation sites excluding steroid dienone is 1. The van der Waals surface area contributed by atoms with Crippen LogP contribution in [0, 0.1) is 11.3 Å². The average molecular weight is 505 g/mol. The molecule has 2 heterocycles. The molecule has 3 aromatic carbocycles. The number of nitrogens with one attached hydrogen (secondary N) is 1. The van der Waals surface area contributed by atoms with Crippen molar-refractivity contribution in [3.05, 3.63) is 123 Å². The van der Waals surface area contributed by atoms with Gasteiger partial charge in [-0.2, -0.15) is 9.83 Å². The first-order chi connectivity index (χ1) is 16.4. The maximum atomic E-state index is 12.3. The number of hydrogen-bond acceptors (Lipinski definition) is 4. The van der Waals surface area contributed by atoms with Gasteiger partial charge in [0.05, 0.1) is 32.6 Å². The van der Waals surface area contributed by atoms with E-state index in [0.717, 1.165) is 16.3 Å². The van der Waals surface area contributed by atoms with Crippen molar-refractivity contribution in [1.29, 1.82) is 5.26 Å². The predicted molar refractivity (Wildman–Crippen MR) is 137 cm³/mol. The van der Waals surface area contributed by atoms with E-state index in [9.17, 15) is 10.4 Å². The highest BCUT2D eigenvalue weighted by molar-refractivity contribution is 7.84. The molecule has 168 valence electrons. The van der Waals surface area contributed by atoms with Crippen LogP contribution in [0.15, 0.2) is 102 Å². The molecule has 4 nitrogen and oxygen atoms in total. The smallest absolute Gasteiger partial charge is 0.227 e. The van der Waals surface area contributed by atoms with Gasteiger partial charge >= 0.3 is 0 Å². The quantitative estimate of drug-likeness (QED) is 0.241. The van der Waals surface area contributed by atoms with Gasteiger partial charge in [-0.1, -0.05) is 77.8 Å². The molecule has 0 bridgehead atoms. The van der Waals surface area contributed by atoms with E-state index in [1.807, 2.05) is 83.7 Å². The molecular formula is C27H20Cl2N3OS+. The topological polar surface area (TPSA) is 59.9 Å². The van der Waals surface area contributed by atoms with Crippen molar-refractivity contribution in [3.8, 4) is 6.07 Å². The summed E-state index contributed by atoms with van der Waals surface area (Å²) in [5.74, 6) is -0.565. The van der Waals surface area contributed by atoms with Crippen LogP contribution in [0.1, 0.15) is 23.1 Å². The highest BCUT2D eigenvalue weighted by Crippen LogP contribution is 2.48. The van der Waals surface area contributed by atoms with E-state index in [-0.39, 0.29) is 0 Å². The molecule has 4 aromatic rings. The maximum absolute atomic E-state index is 12.3. The first kappa shape index (κ1) is 22.8. The third-order valence-electron chi connectivity index (χ3n) is 6.29. The van der Waals surface area contributed by atoms with Gasteiger partial charge < -0.3 is 10.4 Å². The lowest BCUT2D eigenvalue weighted by Gasteiger charge is -2.42. The molecule has 3 unspecified atom stereocenters. The summed E-state index contributed by atoms with van der Waals surface area (Å²) in [4.78, 5) is 0. The summed E-state index contributed by atoms with van der Waals surface area (Å²) in [5.41, 5.74) is 0.212. The second-order valence-electron chi connectivity index (χ2n) is 8.25. The third-order valence-corrected chi connectivity index (χ3v) is 7.38. The number of hydrogen-bond donors (Lipinski definition) is 3. The number of thiol groups is 1. The van der Waals surface area contributed by atoms with E-state index in [4.69, 9.17) is 23.2 Å². The number of nitriles is 1. The Labute approximate surface area is 213 Å². The molecule has 2 N–H and O–H groups in total. The zero-order valence-corrected chi connectivity index (χ0v) is 20.3. The van der Waals surface area contributed by atoms with Gasteiger partial charge in [0, 0.05) is 17.0 Å². The monoisotopic (exact) mass is 504 g/mol. The highest BCUT2D eigenvalue weighted by atomic mass is 35.5. The van der Waals surface area contributed by atoms with Crippen LogP contribution in [0.5, 0.6) is 0 Å². The molecule has 0 saturated heterocycles. The first-order valence-corrected chi connectivity index (χ1v) is 11.9. The Morgan fingerprint density at radius 2 is 1.65 bits per heavy atom. The first-order valence-electron chi connectivity index (χ1n) is 10.7. The summed E-state index contributed by atoms with van der Waals surface area (Å²) in [6.45, 7) is 0. The summed E-state index contributed by atoms with van der Waals surface area (Å²) in [5, 5.41) is 28.7. The number of benzene rings is 3. The Morgan fingerprint density at radius 1 is 0.941 bits per heavy atom. The zero-order chi connectivity index (χ0) is 23.9. The van der Waals surface area contributed by atoms with Crippen LogP contribution in [0.4, 0.5) is 0 Å². The number of fused-ring (bicyclic) bond motifs is 1. The number of aromatic nitrogens is 1. The van der Waals surface area contributed by atoms with Crippen molar-refractivity contribution in [2.24, 2.45) is 0 Å². The van der Waals surface area contributed by atoms with Crippen LogP contribution in [-0.4, -0.2) is 5.11 Å². The van der Waals surface area contributed by atoms with E-state index in [2.05, 4.69) is 24.0 Å². The summed E-state index contributed by atoms with van der Waals surface area (Å²) in [6, 6.07) is 26.3. The Balaban J connectivity index is 1.82. The van der Waals surface area contributed by atoms with Crippen LogP contribution < -0.4 is 9.88 Å². The number of aliphatic hydroxyl groups is 1. The molecule has 5 rings (SSSR count). The molecule has 0 amide bonds. The number of halogens is 2.